The Morgan fingerprint density at radius 2 is 0.946 bits per heavy atom. The molecule has 0 unspecified atom stereocenters. The summed E-state index contributed by atoms with van der Waals surface area (Å²) >= 11 is 0. The standard InChI is InChI=1S/C46H26F3N7/c1-50-32-10-6-9-28(23-32)43-41(55-37-13-4-2-11-33(37)35-17-15-29(24-39(35)55)44-51-19-7-20-52-44)26-31(46(47,48)49)27-42(43)56-38-14-5-3-12-34(38)36-18-16-30(25-40(36)56)45-53-21-8-22-54-45/h2-27H. The molecule has 0 saturated carbocycles. The van der Waals surface area contributed by atoms with Gasteiger partial charge in [0, 0.05) is 63.0 Å². The number of benzene rings is 6. The molecule has 4 heterocycles. The molecule has 56 heavy (non-hydrogen) atoms. The minimum atomic E-state index is -4.72. The monoisotopic (exact) mass is 733 g/mol. The van der Waals surface area contributed by atoms with Crippen LogP contribution < -0.4 is 0 Å². The lowest BCUT2D eigenvalue weighted by molar-refractivity contribution is -0.137. The van der Waals surface area contributed by atoms with Crippen LogP contribution >= 0.6 is 0 Å². The molecule has 0 radical (unpaired) electrons. The predicted octanol–water partition coefficient (Wildman–Crippen LogP) is 12.0. The van der Waals surface area contributed by atoms with E-state index in [9.17, 15) is 0 Å². The molecule has 4 aromatic heterocycles. The Morgan fingerprint density at radius 1 is 0.464 bits per heavy atom. The van der Waals surface area contributed by atoms with Crippen molar-refractivity contribution < 1.29 is 13.2 Å². The first-order valence-electron chi connectivity index (χ1n) is 17.7. The smallest absolute Gasteiger partial charge is 0.309 e. The summed E-state index contributed by atoms with van der Waals surface area (Å²) in [5, 5.41) is 3.44. The maximum atomic E-state index is 15.4. The minimum absolute atomic E-state index is 0.294. The first-order chi connectivity index (χ1) is 27.4. The Labute approximate surface area is 317 Å². The molecular weight excluding hydrogens is 708 g/mol. The molecule has 0 N–H and O–H groups in total. The van der Waals surface area contributed by atoms with E-state index in [-0.39, 0.29) is 0 Å². The predicted molar refractivity (Wildman–Crippen MR) is 214 cm³/mol. The van der Waals surface area contributed by atoms with E-state index in [1.54, 1.807) is 55.1 Å². The molecule has 10 aromatic rings. The van der Waals surface area contributed by atoms with Gasteiger partial charge in [0.1, 0.15) is 0 Å². The van der Waals surface area contributed by atoms with Gasteiger partial charge in [-0.1, -0.05) is 78.9 Å². The molecule has 0 atom stereocenters. The third kappa shape index (κ3) is 5.28. The molecule has 0 aliphatic heterocycles. The lowest BCUT2D eigenvalue weighted by atomic mass is 9.97. The molecule has 0 amide bonds. The topological polar surface area (TPSA) is 65.8 Å². The molecule has 0 aliphatic carbocycles. The highest BCUT2D eigenvalue weighted by molar-refractivity contribution is 6.13. The fourth-order valence-electron chi connectivity index (χ4n) is 7.79. The van der Waals surface area contributed by atoms with Crippen LogP contribution in [0.4, 0.5) is 18.9 Å². The Kier molecular flexibility index (Phi) is 7.50. The van der Waals surface area contributed by atoms with Crippen LogP contribution in [0.3, 0.4) is 0 Å². The fraction of sp³-hybridized carbons (Fsp3) is 0.0217. The van der Waals surface area contributed by atoms with Crippen LogP contribution in [0.2, 0.25) is 0 Å². The number of rotatable bonds is 5. The van der Waals surface area contributed by atoms with Gasteiger partial charge in [0.2, 0.25) is 0 Å². The summed E-state index contributed by atoms with van der Waals surface area (Å²) in [5.41, 5.74) is 5.42. The van der Waals surface area contributed by atoms with E-state index in [2.05, 4.69) is 24.8 Å². The van der Waals surface area contributed by atoms with Crippen molar-refractivity contribution in [3.8, 4) is 45.3 Å². The molecule has 0 bridgehead atoms. The van der Waals surface area contributed by atoms with Gasteiger partial charge in [-0.2, -0.15) is 13.2 Å². The number of nitrogens with zero attached hydrogens (tertiary/aromatic N) is 7. The molecule has 0 spiro atoms. The molecule has 266 valence electrons. The number of fused-ring (bicyclic) bond motifs is 6. The number of alkyl halides is 3. The van der Waals surface area contributed by atoms with Crippen molar-refractivity contribution in [2.45, 2.75) is 6.18 Å². The quantitative estimate of drug-likeness (QED) is 0.165. The lowest BCUT2D eigenvalue weighted by Crippen LogP contribution is -2.11. The van der Waals surface area contributed by atoms with Crippen molar-refractivity contribution in [2.75, 3.05) is 0 Å². The lowest BCUT2D eigenvalue weighted by Gasteiger charge is -2.23. The van der Waals surface area contributed by atoms with Gasteiger partial charge in [-0.25, -0.2) is 24.8 Å². The van der Waals surface area contributed by atoms with Crippen molar-refractivity contribution in [3.05, 3.63) is 175 Å². The van der Waals surface area contributed by atoms with Crippen molar-refractivity contribution >= 4 is 49.3 Å². The summed E-state index contributed by atoms with van der Waals surface area (Å²) in [6.07, 6.45) is 1.91. The van der Waals surface area contributed by atoms with E-state index < -0.39 is 11.7 Å². The highest BCUT2D eigenvalue weighted by Crippen LogP contribution is 2.46. The van der Waals surface area contributed by atoms with Crippen molar-refractivity contribution in [2.24, 2.45) is 0 Å². The first kappa shape index (κ1) is 33.0. The van der Waals surface area contributed by atoms with Crippen LogP contribution in [-0.4, -0.2) is 29.1 Å². The molecular formula is C46H26F3N7. The zero-order valence-corrected chi connectivity index (χ0v) is 29.3. The van der Waals surface area contributed by atoms with E-state index in [0.29, 0.717) is 73.0 Å². The summed E-state index contributed by atoms with van der Waals surface area (Å²) < 4.78 is 50.0. The second-order valence-corrected chi connectivity index (χ2v) is 13.4. The number of para-hydroxylation sites is 2. The van der Waals surface area contributed by atoms with Crippen LogP contribution in [0.15, 0.2) is 158 Å². The third-order valence-electron chi connectivity index (χ3n) is 10.2. The fourth-order valence-corrected chi connectivity index (χ4v) is 7.79. The number of hydrogen-bond acceptors (Lipinski definition) is 4. The highest BCUT2D eigenvalue weighted by atomic mass is 19.4. The van der Waals surface area contributed by atoms with Gasteiger partial charge in [0.25, 0.3) is 0 Å². The summed E-state index contributed by atoms with van der Waals surface area (Å²) in [7, 11) is 0. The second kappa shape index (κ2) is 12.7. The Bertz CT molecular complexity index is 3020. The number of aromatic nitrogens is 6. The average Bonchev–Trinajstić information content (AvgIpc) is 3.75. The van der Waals surface area contributed by atoms with Gasteiger partial charge in [0.15, 0.2) is 17.3 Å². The van der Waals surface area contributed by atoms with Gasteiger partial charge in [-0.15, -0.1) is 0 Å². The van der Waals surface area contributed by atoms with E-state index in [4.69, 9.17) is 6.57 Å². The van der Waals surface area contributed by atoms with Gasteiger partial charge in [-0.05, 0) is 60.2 Å². The summed E-state index contributed by atoms with van der Waals surface area (Å²) in [6.45, 7) is 7.89. The maximum absolute atomic E-state index is 15.4. The Hall–Kier alpha value is -7.64. The third-order valence-corrected chi connectivity index (χ3v) is 10.2. The second-order valence-electron chi connectivity index (χ2n) is 13.4. The van der Waals surface area contributed by atoms with E-state index in [1.807, 2.05) is 100 Å². The van der Waals surface area contributed by atoms with E-state index >= 15 is 13.2 Å². The van der Waals surface area contributed by atoms with Crippen molar-refractivity contribution in [3.63, 3.8) is 0 Å². The summed E-state index contributed by atoms with van der Waals surface area (Å²) in [5.74, 6) is 0.980. The summed E-state index contributed by atoms with van der Waals surface area (Å²) in [4.78, 5) is 21.6. The first-order valence-corrected chi connectivity index (χ1v) is 17.7. The van der Waals surface area contributed by atoms with Gasteiger partial charge in [-0.3, -0.25) is 0 Å². The number of halogens is 3. The van der Waals surface area contributed by atoms with E-state index in [0.717, 1.165) is 21.5 Å². The van der Waals surface area contributed by atoms with Gasteiger partial charge in [0.05, 0.1) is 45.6 Å². The van der Waals surface area contributed by atoms with Crippen LogP contribution in [0.1, 0.15) is 5.56 Å². The zero-order valence-electron chi connectivity index (χ0n) is 29.3. The van der Waals surface area contributed by atoms with E-state index in [1.165, 1.54) is 12.1 Å². The molecule has 0 fully saturated rings. The summed E-state index contributed by atoms with van der Waals surface area (Å²) in [6, 6.07) is 40.0. The van der Waals surface area contributed by atoms with Crippen LogP contribution in [0, 0.1) is 6.57 Å². The number of hydrogen-bond donors (Lipinski definition) is 0. The largest absolute Gasteiger partial charge is 0.416 e. The van der Waals surface area contributed by atoms with Crippen LogP contribution in [0.25, 0.3) is 93.7 Å². The van der Waals surface area contributed by atoms with Crippen LogP contribution in [0.5, 0.6) is 0 Å². The van der Waals surface area contributed by atoms with Gasteiger partial charge < -0.3 is 9.13 Å². The molecule has 6 aromatic carbocycles. The molecule has 10 heteroatoms. The Morgan fingerprint density at radius 3 is 1.43 bits per heavy atom. The Balaban J connectivity index is 1.40. The zero-order chi connectivity index (χ0) is 38.0. The molecule has 7 nitrogen and oxygen atoms in total. The normalized spacial score (nSPS) is 11.8. The van der Waals surface area contributed by atoms with Gasteiger partial charge >= 0.3 is 6.18 Å². The van der Waals surface area contributed by atoms with Crippen molar-refractivity contribution in [1.29, 1.82) is 0 Å². The molecule has 0 saturated heterocycles. The highest BCUT2D eigenvalue weighted by Gasteiger charge is 2.34. The molecule has 0 aliphatic rings. The van der Waals surface area contributed by atoms with Crippen molar-refractivity contribution in [1.82, 2.24) is 29.1 Å². The maximum Gasteiger partial charge on any atom is 0.416 e. The minimum Gasteiger partial charge on any atom is -0.309 e. The van der Waals surface area contributed by atoms with Crippen LogP contribution in [-0.2, 0) is 6.18 Å². The SMILES string of the molecule is [C-]#[N+]c1cccc(-c2c(-n3c4ccccc4c4ccc(-c5ncccn5)cc43)cc(C(F)(F)F)cc2-n2c3ccccc3c3ccc(-c4ncccn4)cc32)c1. The average molecular weight is 734 g/mol. The molecule has 10 rings (SSSR count).